The van der Waals surface area contributed by atoms with Crippen LogP contribution in [0.3, 0.4) is 0 Å². The highest BCUT2D eigenvalue weighted by Gasteiger charge is 2.65. The van der Waals surface area contributed by atoms with Crippen LogP contribution >= 0.6 is 0 Å². The summed E-state index contributed by atoms with van der Waals surface area (Å²) in [7, 11) is 0. The first-order valence-electron chi connectivity index (χ1n) is 10.7. The molecule has 5 unspecified atom stereocenters. The van der Waals surface area contributed by atoms with E-state index in [1.165, 1.54) is 6.42 Å². The van der Waals surface area contributed by atoms with E-state index < -0.39 is 0 Å². The summed E-state index contributed by atoms with van der Waals surface area (Å²) in [6.07, 6.45) is 6.14. The molecule has 0 heterocycles. The van der Waals surface area contributed by atoms with Crippen molar-refractivity contribution in [2.45, 2.75) is 91.0 Å². The van der Waals surface area contributed by atoms with Gasteiger partial charge in [-0.1, -0.05) is 27.7 Å². The smallest absolute Gasteiger partial charge is 0.0602 e. The van der Waals surface area contributed by atoms with Crippen LogP contribution in [0.1, 0.15) is 72.6 Å². The van der Waals surface area contributed by atoms with E-state index in [9.17, 15) is 15.3 Å². The molecular weight excluding hydrogens is 312 g/mol. The largest absolute Gasteiger partial charge is 0.393 e. The molecular formula is C22H38O3. The molecule has 0 aliphatic heterocycles. The first kappa shape index (κ1) is 18.3. The minimum Gasteiger partial charge on any atom is -0.393 e. The molecule has 0 aromatic heterocycles. The molecule has 4 aliphatic carbocycles. The van der Waals surface area contributed by atoms with E-state index in [0.717, 1.165) is 38.5 Å². The second kappa shape index (κ2) is 5.94. The summed E-state index contributed by atoms with van der Waals surface area (Å²) in [5.41, 5.74) is 0.148. The molecule has 4 saturated carbocycles. The van der Waals surface area contributed by atoms with Crippen molar-refractivity contribution in [1.29, 1.82) is 0 Å². The van der Waals surface area contributed by atoms with Gasteiger partial charge in [0.25, 0.3) is 0 Å². The van der Waals surface area contributed by atoms with E-state index in [1.807, 2.05) is 0 Å². The van der Waals surface area contributed by atoms with Crippen LogP contribution in [0.4, 0.5) is 0 Å². The molecule has 0 saturated heterocycles. The summed E-state index contributed by atoms with van der Waals surface area (Å²) in [5.74, 6) is 2.77. The number of rotatable bonds is 1. The molecule has 4 aliphatic rings. The van der Waals surface area contributed by atoms with Crippen molar-refractivity contribution in [3.8, 4) is 0 Å². The van der Waals surface area contributed by atoms with E-state index in [1.54, 1.807) is 0 Å². The van der Waals surface area contributed by atoms with Gasteiger partial charge >= 0.3 is 0 Å². The SMILES string of the molecule is CC(C)C1CC[C@H]2C3[C@H](O)CC4C[C@H](O)CCC4(C)[C@H]3C[C@H](O)C12C. The Morgan fingerprint density at radius 1 is 0.880 bits per heavy atom. The lowest BCUT2D eigenvalue weighted by Crippen LogP contribution is -2.62. The van der Waals surface area contributed by atoms with Crippen LogP contribution in [0, 0.1) is 46.3 Å². The molecule has 4 fully saturated rings. The molecule has 10 atom stereocenters. The highest BCUT2D eigenvalue weighted by Crippen LogP contribution is 2.68. The van der Waals surface area contributed by atoms with Crippen molar-refractivity contribution in [1.82, 2.24) is 0 Å². The fourth-order valence-corrected chi connectivity index (χ4v) is 8.29. The van der Waals surface area contributed by atoms with Crippen LogP contribution in [-0.2, 0) is 0 Å². The zero-order valence-corrected chi connectivity index (χ0v) is 16.5. The highest BCUT2D eigenvalue weighted by atomic mass is 16.3. The van der Waals surface area contributed by atoms with Crippen LogP contribution in [-0.4, -0.2) is 33.6 Å². The second-order valence-corrected chi connectivity index (χ2v) is 10.8. The third-order valence-electron chi connectivity index (χ3n) is 9.64. The number of aliphatic hydroxyl groups is 3. The maximum absolute atomic E-state index is 11.3. The Balaban J connectivity index is 1.70. The fraction of sp³-hybridized carbons (Fsp3) is 1.00. The maximum atomic E-state index is 11.3. The Labute approximate surface area is 153 Å². The highest BCUT2D eigenvalue weighted by molar-refractivity contribution is 5.14. The molecule has 0 aromatic carbocycles. The van der Waals surface area contributed by atoms with E-state index >= 15 is 0 Å². The minimum atomic E-state index is -0.254. The quantitative estimate of drug-likeness (QED) is 0.677. The van der Waals surface area contributed by atoms with Gasteiger partial charge in [0.1, 0.15) is 0 Å². The van der Waals surface area contributed by atoms with Crippen molar-refractivity contribution in [3.63, 3.8) is 0 Å². The molecule has 3 nitrogen and oxygen atoms in total. The second-order valence-electron chi connectivity index (χ2n) is 10.8. The number of hydrogen-bond donors (Lipinski definition) is 3. The van der Waals surface area contributed by atoms with Gasteiger partial charge in [-0.25, -0.2) is 0 Å². The van der Waals surface area contributed by atoms with Gasteiger partial charge in [-0.05, 0) is 91.3 Å². The Morgan fingerprint density at radius 2 is 1.60 bits per heavy atom. The molecule has 0 aromatic rings. The Hall–Kier alpha value is -0.120. The van der Waals surface area contributed by atoms with Gasteiger partial charge in [0.15, 0.2) is 0 Å². The first-order valence-corrected chi connectivity index (χ1v) is 10.7. The Morgan fingerprint density at radius 3 is 2.28 bits per heavy atom. The molecule has 3 heteroatoms. The molecule has 3 N–H and O–H groups in total. The number of fused-ring (bicyclic) bond motifs is 5. The van der Waals surface area contributed by atoms with Gasteiger partial charge in [-0.2, -0.15) is 0 Å². The Kier molecular flexibility index (Phi) is 4.34. The van der Waals surface area contributed by atoms with Gasteiger partial charge in [-0.15, -0.1) is 0 Å². The summed E-state index contributed by atoms with van der Waals surface area (Å²) in [6.45, 7) is 9.32. The normalized spacial score (nSPS) is 58.6. The lowest BCUT2D eigenvalue weighted by Gasteiger charge is -2.63. The van der Waals surface area contributed by atoms with Crippen molar-refractivity contribution in [3.05, 3.63) is 0 Å². The van der Waals surface area contributed by atoms with E-state index in [4.69, 9.17) is 0 Å². The minimum absolute atomic E-state index is 0.0340. The molecule has 0 amide bonds. The predicted molar refractivity (Wildman–Crippen MR) is 98.8 cm³/mol. The van der Waals surface area contributed by atoms with Crippen molar-refractivity contribution >= 4 is 0 Å². The zero-order chi connectivity index (χ0) is 18.1. The molecule has 0 spiro atoms. The number of hydrogen-bond acceptors (Lipinski definition) is 3. The van der Waals surface area contributed by atoms with Crippen LogP contribution in [0.2, 0.25) is 0 Å². The van der Waals surface area contributed by atoms with Crippen LogP contribution in [0.15, 0.2) is 0 Å². The Bertz CT molecular complexity index is 519. The molecule has 0 radical (unpaired) electrons. The van der Waals surface area contributed by atoms with Crippen LogP contribution < -0.4 is 0 Å². The van der Waals surface area contributed by atoms with Crippen LogP contribution in [0.5, 0.6) is 0 Å². The summed E-state index contributed by atoms with van der Waals surface area (Å²) >= 11 is 0. The third kappa shape index (κ3) is 2.41. The number of aliphatic hydroxyl groups excluding tert-OH is 3. The van der Waals surface area contributed by atoms with Gasteiger partial charge in [0, 0.05) is 0 Å². The maximum Gasteiger partial charge on any atom is 0.0602 e. The standard InChI is InChI=1S/C22H38O3/c1-12(2)15-5-6-16-20-17(11-19(25)22(15,16)4)21(3)8-7-14(23)9-13(21)10-18(20)24/h12-20,23-25H,5-11H2,1-4H3/t13?,14-,15?,16+,17+,18-,19+,20?,21?,22?/m1/s1. The van der Waals surface area contributed by atoms with Gasteiger partial charge in [-0.3, -0.25) is 0 Å². The van der Waals surface area contributed by atoms with E-state index in [-0.39, 0.29) is 29.1 Å². The summed E-state index contributed by atoms with van der Waals surface area (Å²) < 4.78 is 0. The average molecular weight is 351 g/mol. The van der Waals surface area contributed by atoms with E-state index in [0.29, 0.717) is 35.5 Å². The topological polar surface area (TPSA) is 60.7 Å². The lowest BCUT2D eigenvalue weighted by molar-refractivity contribution is -0.206. The van der Waals surface area contributed by atoms with Crippen LogP contribution in [0.25, 0.3) is 0 Å². The summed E-state index contributed by atoms with van der Waals surface area (Å²) in [5, 5.41) is 32.6. The van der Waals surface area contributed by atoms with Crippen molar-refractivity contribution < 1.29 is 15.3 Å². The zero-order valence-electron chi connectivity index (χ0n) is 16.5. The lowest BCUT2D eigenvalue weighted by atomic mass is 9.43. The van der Waals surface area contributed by atoms with E-state index in [2.05, 4.69) is 27.7 Å². The molecule has 0 bridgehead atoms. The fourth-order valence-electron chi connectivity index (χ4n) is 8.29. The first-order chi connectivity index (χ1) is 11.7. The summed E-state index contributed by atoms with van der Waals surface area (Å²) in [6, 6.07) is 0. The van der Waals surface area contributed by atoms with Gasteiger partial charge in [0.2, 0.25) is 0 Å². The molecule has 25 heavy (non-hydrogen) atoms. The van der Waals surface area contributed by atoms with Crippen molar-refractivity contribution in [2.75, 3.05) is 0 Å². The molecule has 144 valence electrons. The summed E-state index contributed by atoms with van der Waals surface area (Å²) in [4.78, 5) is 0. The third-order valence-corrected chi connectivity index (χ3v) is 9.64. The molecule has 4 rings (SSSR count). The predicted octanol–water partition coefficient (Wildman–Crippen LogP) is 3.60. The average Bonchev–Trinajstić information content (AvgIpc) is 2.89. The van der Waals surface area contributed by atoms with Crippen molar-refractivity contribution in [2.24, 2.45) is 46.3 Å². The van der Waals surface area contributed by atoms with Gasteiger partial charge in [0.05, 0.1) is 18.3 Å². The van der Waals surface area contributed by atoms with Gasteiger partial charge < -0.3 is 15.3 Å². The monoisotopic (exact) mass is 350 g/mol.